The molecule has 0 radical (unpaired) electrons. The number of para-hydroxylation sites is 1. The van der Waals surface area contributed by atoms with E-state index in [9.17, 15) is 17.6 Å². The van der Waals surface area contributed by atoms with E-state index in [1.165, 1.54) is 24.4 Å². The molecule has 3 aromatic carbocycles. The van der Waals surface area contributed by atoms with Crippen LogP contribution in [0.25, 0.3) is 10.9 Å². The smallest absolute Gasteiger partial charge is 0.244 e. The van der Waals surface area contributed by atoms with Crippen molar-refractivity contribution >= 4 is 43.9 Å². The van der Waals surface area contributed by atoms with E-state index >= 15 is 0 Å². The fourth-order valence-corrected chi connectivity index (χ4v) is 5.10. The van der Waals surface area contributed by atoms with Crippen LogP contribution in [-0.4, -0.2) is 18.9 Å². The van der Waals surface area contributed by atoms with Crippen molar-refractivity contribution in [1.82, 2.24) is 4.57 Å². The summed E-state index contributed by atoms with van der Waals surface area (Å²) in [5.41, 5.74) is 1.28. The normalized spacial score (nSPS) is 11.5. The van der Waals surface area contributed by atoms with Crippen molar-refractivity contribution in [1.29, 1.82) is 0 Å². The quantitative estimate of drug-likeness (QED) is 0.441. The minimum absolute atomic E-state index is 0.0608. The van der Waals surface area contributed by atoms with E-state index in [1.54, 1.807) is 59.2 Å². The molecule has 4 aromatic rings. The number of amides is 1. The maximum absolute atomic E-state index is 14.0. The Labute approximate surface area is 184 Å². The van der Waals surface area contributed by atoms with Crippen LogP contribution < -0.4 is 5.32 Å². The molecule has 5 nitrogen and oxygen atoms in total. The second kappa shape index (κ2) is 8.53. The minimum Gasteiger partial charge on any atom is -0.337 e. The number of halogens is 2. The average molecular weight is 457 g/mol. The molecule has 0 unspecified atom stereocenters. The van der Waals surface area contributed by atoms with Crippen LogP contribution in [-0.2, 0) is 26.9 Å². The van der Waals surface area contributed by atoms with E-state index in [4.69, 9.17) is 11.6 Å². The fourth-order valence-electron chi connectivity index (χ4n) is 3.38. The van der Waals surface area contributed by atoms with Crippen molar-refractivity contribution in [3.8, 4) is 0 Å². The van der Waals surface area contributed by atoms with Crippen LogP contribution >= 0.6 is 11.6 Å². The second-order valence-electron chi connectivity index (χ2n) is 7.04. The molecule has 0 atom stereocenters. The highest BCUT2D eigenvalue weighted by atomic mass is 35.5. The van der Waals surface area contributed by atoms with Gasteiger partial charge in [0.25, 0.3) is 0 Å². The molecular weight excluding hydrogens is 439 g/mol. The molecule has 1 aromatic heterocycles. The lowest BCUT2D eigenvalue weighted by atomic mass is 10.2. The minimum atomic E-state index is -3.85. The number of hydrogen-bond donors (Lipinski definition) is 1. The monoisotopic (exact) mass is 456 g/mol. The van der Waals surface area contributed by atoms with Crippen LogP contribution in [0.4, 0.5) is 10.1 Å². The molecule has 0 aliphatic carbocycles. The third-order valence-corrected chi connectivity index (χ3v) is 6.77. The van der Waals surface area contributed by atoms with Crippen molar-refractivity contribution in [2.75, 3.05) is 5.32 Å². The third-order valence-electron chi connectivity index (χ3n) is 4.83. The van der Waals surface area contributed by atoms with Crippen molar-refractivity contribution in [2.24, 2.45) is 0 Å². The highest BCUT2D eigenvalue weighted by molar-refractivity contribution is 7.90. The number of nitrogens with one attached hydrogen (secondary N) is 1. The molecule has 158 valence electrons. The van der Waals surface area contributed by atoms with Crippen molar-refractivity contribution in [2.45, 2.75) is 17.2 Å². The molecule has 1 N–H and O–H groups in total. The van der Waals surface area contributed by atoms with Crippen LogP contribution in [0.2, 0.25) is 5.02 Å². The van der Waals surface area contributed by atoms with E-state index in [0.29, 0.717) is 21.6 Å². The van der Waals surface area contributed by atoms with Gasteiger partial charge in [-0.25, -0.2) is 12.8 Å². The van der Waals surface area contributed by atoms with Crippen molar-refractivity contribution < 1.29 is 17.6 Å². The lowest BCUT2D eigenvalue weighted by molar-refractivity contribution is -0.116. The Morgan fingerprint density at radius 2 is 1.65 bits per heavy atom. The lowest BCUT2D eigenvalue weighted by Crippen LogP contribution is -2.18. The van der Waals surface area contributed by atoms with E-state index in [1.807, 2.05) is 0 Å². The second-order valence-corrected chi connectivity index (χ2v) is 9.44. The van der Waals surface area contributed by atoms with Crippen LogP contribution in [0.1, 0.15) is 5.56 Å². The number of sulfone groups is 1. The molecule has 0 spiro atoms. The number of carbonyl (C=O) groups is 1. The van der Waals surface area contributed by atoms with Gasteiger partial charge in [0, 0.05) is 33.4 Å². The Bertz CT molecular complexity index is 1370. The van der Waals surface area contributed by atoms with Crippen molar-refractivity contribution in [3.05, 3.63) is 95.4 Å². The van der Waals surface area contributed by atoms with Crippen LogP contribution in [0.15, 0.2) is 83.9 Å². The van der Waals surface area contributed by atoms with E-state index in [2.05, 4.69) is 5.32 Å². The Morgan fingerprint density at radius 3 is 2.39 bits per heavy atom. The molecule has 0 aliphatic heterocycles. The average Bonchev–Trinajstić information content (AvgIpc) is 3.11. The standard InChI is InChI=1S/C23H18ClFN2O3S/c24-17-9-11-18(12-10-17)26-23(28)14-27-13-22(19-6-2-4-8-21(19)27)31(29,30)15-16-5-1-3-7-20(16)25/h1-13H,14-15H2,(H,26,28). The predicted molar refractivity (Wildman–Crippen MR) is 119 cm³/mol. The molecule has 31 heavy (non-hydrogen) atoms. The zero-order valence-electron chi connectivity index (χ0n) is 16.3. The Kier molecular flexibility index (Phi) is 5.80. The number of aromatic nitrogens is 1. The SMILES string of the molecule is O=C(Cn1cc(S(=O)(=O)Cc2ccccc2F)c2ccccc21)Nc1ccc(Cl)cc1. The molecule has 4 rings (SSSR count). The van der Waals surface area contributed by atoms with Gasteiger partial charge in [-0.1, -0.05) is 48.0 Å². The van der Waals surface area contributed by atoms with Gasteiger partial charge in [0.05, 0.1) is 10.6 Å². The number of anilines is 1. The Morgan fingerprint density at radius 1 is 0.968 bits per heavy atom. The first-order valence-corrected chi connectivity index (χ1v) is 11.5. The van der Waals surface area contributed by atoms with Gasteiger partial charge in [-0.2, -0.15) is 0 Å². The number of hydrogen-bond acceptors (Lipinski definition) is 3. The molecular formula is C23H18ClFN2O3S. The van der Waals surface area contributed by atoms with Crippen molar-refractivity contribution in [3.63, 3.8) is 0 Å². The maximum atomic E-state index is 14.0. The summed E-state index contributed by atoms with van der Waals surface area (Å²) in [6.45, 7) is -0.0850. The first-order chi connectivity index (χ1) is 14.8. The number of fused-ring (bicyclic) bond motifs is 1. The molecule has 0 saturated carbocycles. The van der Waals surface area contributed by atoms with Gasteiger partial charge in [0.15, 0.2) is 9.84 Å². The lowest BCUT2D eigenvalue weighted by Gasteiger charge is -2.07. The topological polar surface area (TPSA) is 68.2 Å². The van der Waals surface area contributed by atoms with E-state index < -0.39 is 21.4 Å². The first kappa shape index (κ1) is 21.1. The molecule has 1 amide bonds. The number of nitrogens with zero attached hydrogens (tertiary/aromatic N) is 1. The van der Waals surface area contributed by atoms with Gasteiger partial charge < -0.3 is 9.88 Å². The third kappa shape index (κ3) is 4.62. The summed E-state index contributed by atoms with van der Waals surface area (Å²) in [6.07, 6.45) is 1.43. The van der Waals surface area contributed by atoms with Crippen LogP contribution in [0.5, 0.6) is 0 Å². The summed E-state index contributed by atoms with van der Waals surface area (Å²) < 4.78 is 41.8. The van der Waals surface area contributed by atoms with Gasteiger partial charge in [0.1, 0.15) is 12.4 Å². The number of benzene rings is 3. The largest absolute Gasteiger partial charge is 0.337 e. The zero-order chi connectivity index (χ0) is 22.0. The highest BCUT2D eigenvalue weighted by Crippen LogP contribution is 2.28. The van der Waals surface area contributed by atoms with Gasteiger partial charge in [0.2, 0.25) is 5.91 Å². The highest BCUT2D eigenvalue weighted by Gasteiger charge is 2.23. The summed E-state index contributed by atoms with van der Waals surface area (Å²) in [5.74, 6) is -1.36. The van der Waals surface area contributed by atoms with Crippen LogP contribution in [0.3, 0.4) is 0 Å². The Balaban J connectivity index is 1.65. The van der Waals surface area contributed by atoms with E-state index in [0.717, 1.165) is 0 Å². The molecule has 8 heteroatoms. The molecule has 0 aliphatic rings. The van der Waals surface area contributed by atoms with Gasteiger partial charge in [-0.3, -0.25) is 4.79 Å². The summed E-state index contributed by atoms with van der Waals surface area (Å²) in [7, 11) is -3.85. The van der Waals surface area contributed by atoms with Gasteiger partial charge in [-0.05, 0) is 36.4 Å². The van der Waals surface area contributed by atoms with Gasteiger partial charge in [-0.15, -0.1) is 0 Å². The molecule has 1 heterocycles. The molecule has 0 bridgehead atoms. The maximum Gasteiger partial charge on any atom is 0.244 e. The number of rotatable bonds is 6. The number of carbonyl (C=O) groups excluding carboxylic acids is 1. The fraction of sp³-hybridized carbons (Fsp3) is 0.0870. The van der Waals surface area contributed by atoms with Crippen LogP contribution in [0, 0.1) is 5.82 Å². The summed E-state index contributed by atoms with van der Waals surface area (Å²) >= 11 is 5.86. The van der Waals surface area contributed by atoms with E-state index in [-0.39, 0.29) is 22.9 Å². The molecule has 0 saturated heterocycles. The van der Waals surface area contributed by atoms with Gasteiger partial charge >= 0.3 is 0 Å². The molecule has 0 fully saturated rings. The predicted octanol–water partition coefficient (Wildman–Crippen LogP) is 5.05. The zero-order valence-corrected chi connectivity index (χ0v) is 17.8. The Hall–Kier alpha value is -3.16. The summed E-state index contributed by atoms with van der Waals surface area (Å²) in [4.78, 5) is 12.6. The summed E-state index contributed by atoms with van der Waals surface area (Å²) in [5, 5.41) is 3.80. The first-order valence-electron chi connectivity index (χ1n) is 9.43. The summed E-state index contributed by atoms with van der Waals surface area (Å²) in [6, 6.07) is 19.4.